The van der Waals surface area contributed by atoms with E-state index >= 15 is 0 Å². The van der Waals surface area contributed by atoms with Crippen LogP contribution in [0.3, 0.4) is 0 Å². The summed E-state index contributed by atoms with van der Waals surface area (Å²) in [6, 6.07) is 9.91. The molecule has 0 saturated heterocycles. The largest absolute Gasteiger partial charge is 0.465 e. The molecule has 0 aliphatic carbocycles. The number of hydrogen-bond donors (Lipinski definition) is 1. The van der Waals surface area contributed by atoms with Gasteiger partial charge in [0, 0.05) is 13.7 Å². The summed E-state index contributed by atoms with van der Waals surface area (Å²) < 4.78 is 10.1. The zero-order chi connectivity index (χ0) is 14.8. The Bertz CT molecular complexity index is 381. The molecule has 0 aliphatic rings. The molecule has 0 saturated carbocycles. The molecule has 0 aromatic heterocycles. The Kier molecular flexibility index (Phi) is 7.92. The number of nitrogens with one attached hydrogen (secondary N) is 1. The molecule has 0 heterocycles. The topological polar surface area (TPSA) is 47.6 Å². The summed E-state index contributed by atoms with van der Waals surface area (Å²) in [6.07, 6.45) is 0.715. The smallest absolute Gasteiger partial charge is 0.323 e. The summed E-state index contributed by atoms with van der Waals surface area (Å²) in [7, 11) is 1.65. The van der Waals surface area contributed by atoms with E-state index in [9.17, 15) is 4.79 Å². The SMILES string of the molecule is CCOC(=O)C(CC(C)c1ccccc1)NCCOC. The third-order valence-corrected chi connectivity index (χ3v) is 3.23. The molecule has 4 heteroatoms. The fraction of sp³-hybridized carbons (Fsp3) is 0.562. The standard InChI is InChI=1S/C16H25NO3/c1-4-20-16(18)15(17-10-11-19-3)12-13(2)14-8-6-5-7-9-14/h5-9,13,15,17H,4,10-12H2,1-3H3. The van der Waals surface area contributed by atoms with E-state index in [0.29, 0.717) is 32.1 Å². The van der Waals surface area contributed by atoms with Gasteiger partial charge in [-0.25, -0.2) is 0 Å². The van der Waals surface area contributed by atoms with Gasteiger partial charge in [-0.3, -0.25) is 4.79 Å². The number of carbonyl (C=O) groups is 1. The third-order valence-electron chi connectivity index (χ3n) is 3.23. The molecule has 0 fully saturated rings. The first-order valence-corrected chi connectivity index (χ1v) is 7.13. The zero-order valence-corrected chi connectivity index (χ0v) is 12.6. The average Bonchev–Trinajstić information content (AvgIpc) is 2.47. The second-order valence-electron chi connectivity index (χ2n) is 4.80. The summed E-state index contributed by atoms with van der Waals surface area (Å²) in [5, 5.41) is 3.21. The van der Waals surface area contributed by atoms with Gasteiger partial charge >= 0.3 is 5.97 Å². The lowest BCUT2D eigenvalue weighted by Gasteiger charge is -2.21. The molecular weight excluding hydrogens is 254 g/mol. The van der Waals surface area contributed by atoms with Gasteiger partial charge in [-0.05, 0) is 24.8 Å². The van der Waals surface area contributed by atoms with Gasteiger partial charge in [-0.2, -0.15) is 0 Å². The number of carbonyl (C=O) groups excluding carboxylic acids is 1. The third kappa shape index (κ3) is 5.72. The maximum atomic E-state index is 12.0. The highest BCUT2D eigenvalue weighted by atomic mass is 16.5. The van der Waals surface area contributed by atoms with Crippen LogP contribution in [0.4, 0.5) is 0 Å². The van der Waals surface area contributed by atoms with Gasteiger partial charge in [0.25, 0.3) is 0 Å². The van der Waals surface area contributed by atoms with Crippen LogP contribution in [0, 0.1) is 0 Å². The van der Waals surface area contributed by atoms with Crippen molar-refractivity contribution in [1.29, 1.82) is 0 Å². The van der Waals surface area contributed by atoms with Crippen molar-refractivity contribution in [2.75, 3.05) is 26.9 Å². The van der Waals surface area contributed by atoms with Crippen molar-refractivity contribution < 1.29 is 14.3 Å². The van der Waals surface area contributed by atoms with Crippen LogP contribution >= 0.6 is 0 Å². The van der Waals surface area contributed by atoms with E-state index in [1.807, 2.05) is 25.1 Å². The summed E-state index contributed by atoms with van der Waals surface area (Å²) in [6.45, 7) is 5.57. The van der Waals surface area contributed by atoms with Crippen LogP contribution in [-0.4, -0.2) is 38.9 Å². The van der Waals surface area contributed by atoms with Crippen molar-refractivity contribution >= 4 is 5.97 Å². The molecule has 0 bridgehead atoms. The van der Waals surface area contributed by atoms with E-state index in [0.717, 1.165) is 0 Å². The first kappa shape index (κ1) is 16.7. The molecule has 0 spiro atoms. The molecule has 1 aromatic rings. The van der Waals surface area contributed by atoms with E-state index in [1.165, 1.54) is 5.56 Å². The van der Waals surface area contributed by atoms with Crippen LogP contribution in [0.25, 0.3) is 0 Å². The highest BCUT2D eigenvalue weighted by molar-refractivity contribution is 5.75. The first-order chi connectivity index (χ1) is 9.69. The minimum Gasteiger partial charge on any atom is -0.465 e. The number of rotatable bonds is 9. The van der Waals surface area contributed by atoms with Crippen LogP contribution in [0.2, 0.25) is 0 Å². The van der Waals surface area contributed by atoms with Crippen molar-refractivity contribution in [3.8, 4) is 0 Å². The maximum absolute atomic E-state index is 12.0. The maximum Gasteiger partial charge on any atom is 0.323 e. The summed E-state index contributed by atoms with van der Waals surface area (Å²) in [5.74, 6) is 0.104. The van der Waals surface area contributed by atoms with Crippen molar-refractivity contribution in [2.24, 2.45) is 0 Å². The van der Waals surface area contributed by atoms with E-state index in [2.05, 4.69) is 24.4 Å². The van der Waals surface area contributed by atoms with Gasteiger partial charge in [-0.15, -0.1) is 0 Å². The molecule has 1 rings (SSSR count). The van der Waals surface area contributed by atoms with Crippen LogP contribution in [0.1, 0.15) is 31.7 Å². The molecule has 0 radical (unpaired) electrons. The Morgan fingerprint density at radius 1 is 1.30 bits per heavy atom. The predicted molar refractivity (Wildman–Crippen MR) is 79.8 cm³/mol. The van der Waals surface area contributed by atoms with Crippen molar-refractivity contribution in [1.82, 2.24) is 5.32 Å². The van der Waals surface area contributed by atoms with Crippen LogP contribution in [0.5, 0.6) is 0 Å². The fourth-order valence-corrected chi connectivity index (χ4v) is 2.11. The number of benzene rings is 1. The summed E-state index contributed by atoms with van der Waals surface area (Å²) in [5.41, 5.74) is 1.23. The van der Waals surface area contributed by atoms with Crippen LogP contribution in [0.15, 0.2) is 30.3 Å². The number of methoxy groups -OCH3 is 1. The van der Waals surface area contributed by atoms with E-state index in [1.54, 1.807) is 7.11 Å². The molecule has 0 amide bonds. The van der Waals surface area contributed by atoms with Crippen molar-refractivity contribution in [3.05, 3.63) is 35.9 Å². The Hall–Kier alpha value is -1.39. The number of hydrogen-bond acceptors (Lipinski definition) is 4. The van der Waals surface area contributed by atoms with Crippen molar-refractivity contribution in [2.45, 2.75) is 32.2 Å². The lowest BCUT2D eigenvalue weighted by molar-refractivity contribution is -0.146. The first-order valence-electron chi connectivity index (χ1n) is 7.13. The minimum absolute atomic E-state index is 0.189. The quantitative estimate of drug-likeness (QED) is 0.557. The van der Waals surface area contributed by atoms with Gasteiger partial charge in [-0.1, -0.05) is 37.3 Å². The van der Waals surface area contributed by atoms with E-state index < -0.39 is 0 Å². The fourth-order valence-electron chi connectivity index (χ4n) is 2.11. The molecular formula is C16H25NO3. The molecule has 1 N–H and O–H groups in total. The second-order valence-corrected chi connectivity index (χ2v) is 4.80. The van der Waals surface area contributed by atoms with Crippen LogP contribution in [-0.2, 0) is 14.3 Å². The van der Waals surface area contributed by atoms with Crippen LogP contribution < -0.4 is 5.32 Å². The van der Waals surface area contributed by atoms with E-state index in [4.69, 9.17) is 9.47 Å². The lowest BCUT2D eigenvalue weighted by atomic mass is 9.94. The predicted octanol–water partition coefficient (Wildman–Crippen LogP) is 2.35. The monoisotopic (exact) mass is 279 g/mol. The van der Waals surface area contributed by atoms with Gasteiger partial charge in [0.05, 0.1) is 13.2 Å². The van der Waals surface area contributed by atoms with Gasteiger partial charge in [0.15, 0.2) is 0 Å². The second kappa shape index (κ2) is 9.50. The normalized spacial score (nSPS) is 13.8. The number of esters is 1. The zero-order valence-electron chi connectivity index (χ0n) is 12.6. The molecule has 4 nitrogen and oxygen atoms in total. The molecule has 0 aliphatic heterocycles. The average molecular weight is 279 g/mol. The minimum atomic E-state index is -0.291. The van der Waals surface area contributed by atoms with Gasteiger partial charge < -0.3 is 14.8 Å². The van der Waals surface area contributed by atoms with Crippen molar-refractivity contribution in [3.63, 3.8) is 0 Å². The van der Waals surface area contributed by atoms with Gasteiger partial charge in [0.1, 0.15) is 6.04 Å². The van der Waals surface area contributed by atoms with Gasteiger partial charge in [0.2, 0.25) is 0 Å². The Labute approximate surface area is 121 Å². The molecule has 112 valence electrons. The molecule has 1 aromatic carbocycles. The van der Waals surface area contributed by atoms with E-state index in [-0.39, 0.29) is 12.0 Å². The summed E-state index contributed by atoms with van der Waals surface area (Å²) in [4.78, 5) is 12.0. The number of ether oxygens (including phenoxy) is 2. The highest BCUT2D eigenvalue weighted by Gasteiger charge is 2.22. The summed E-state index contributed by atoms with van der Waals surface area (Å²) >= 11 is 0. The molecule has 20 heavy (non-hydrogen) atoms. The lowest BCUT2D eigenvalue weighted by Crippen LogP contribution is -2.40. The Morgan fingerprint density at radius 3 is 2.60 bits per heavy atom. The molecule has 2 unspecified atom stereocenters. The highest BCUT2D eigenvalue weighted by Crippen LogP contribution is 2.20. The Morgan fingerprint density at radius 2 is 2.00 bits per heavy atom. The molecule has 2 atom stereocenters. The Balaban J connectivity index is 2.60.